The van der Waals surface area contributed by atoms with E-state index in [0.717, 1.165) is 19.6 Å². The summed E-state index contributed by atoms with van der Waals surface area (Å²) < 4.78 is 0. The van der Waals surface area contributed by atoms with Gasteiger partial charge in [-0.05, 0) is 44.5 Å². The quantitative estimate of drug-likeness (QED) is 0.878. The lowest BCUT2D eigenvalue weighted by Crippen LogP contribution is -2.46. The minimum atomic E-state index is 0.255. The Morgan fingerprint density at radius 3 is 2.89 bits per heavy atom. The molecule has 19 heavy (non-hydrogen) atoms. The normalized spacial score (nSPS) is 20.9. The van der Waals surface area contributed by atoms with E-state index in [1.54, 1.807) is 0 Å². The topological polar surface area (TPSA) is 26.7 Å². The summed E-state index contributed by atoms with van der Waals surface area (Å²) >= 11 is 0. The number of hydrogen-bond donors (Lipinski definition) is 1. The van der Waals surface area contributed by atoms with Gasteiger partial charge in [-0.3, -0.25) is 9.80 Å². The summed E-state index contributed by atoms with van der Waals surface area (Å²) in [5.74, 6) is 0. The van der Waals surface area contributed by atoms with Crippen LogP contribution in [-0.2, 0) is 6.54 Å². The second-order valence-electron chi connectivity index (χ2n) is 5.66. The molecule has 1 fully saturated rings. The Bertz CT molecular complexity index is 394. The molecule has 3 nitrogen and oxygen atoms in total. The first-order chi connectivity index (χ1) is 9.20. The lowest BCUT2D eigenvalue weighted by atomic mass is 10.0. The zero-order chi connectivity index (χ0) is 13.7. The van der Waals surface area contributed by atoms with Crippen molar-refractivity contribution in [2.75, 3.05) is 33.3 Å². The molecule has 0 bridgehead atoms. The molecule has 1 heterocycles. The summed E-state index contributed by atoms with van der Waals surface area (Å²) in [4.78, 5) is 4.84. The molecule has 0 radical (unpaired) electrons. The van der Waals surface area contributed by atoms with E-state index in [1.807, 2.05) is 0 Å². The highest BCUT2D eigenvalue weighted by molar-refractivity contribution is 5.25. The molecule has 1 aromatic rings. The van der Waals surface area contributed by atoms with Crippen LogP contribution >= 0.6 is 0 Å². The van der Waals surface area contributed by atoms with Crippen LogP contribution in [0.15, 0.2) is 24.3 Å². The Morgan fingerprint density at radius 2 is 2.16 bits per heavy atom. The van der Waals surface area contributed by atoms with E-state index in [0.29, 0.717) is 6.04 Å². The number of rotatable bonds is 5. The first-order valence-corrected chi connectivity index (χ1v) is 7.28. The fourth-order valence-electron chi connectivity index (χ4n) is 2.90. The number of aryl methyl sites for hydroxylation is 1. The van der Waals surface area contributed by atoms with Crippen LogP contribution in [0.3, 0.4) is 0 Å². The van der Waals surface area contributed by atoms with E-state index in [1.165, 1.54) is 30.5 Å². The zero-order valence-electron chi connectivity index (χ0n) is 12.2. The number of piperidine rings is 1. The molecule has 1 aromatic carbocycles. The van der Waals surface area contributed by atoms with Gasteiger partial charge in [-0.25, -0.2) is 0 Å². The van der Waals surface area contributed by atoms with Crippen LogP contribution in [0.1, 0.15) is 24.0 Å². The van der Waals surface area contributed by atoms with Gasteiger partial charge in [0, 0.05) is 25.7 Å². The van der Waals surface area contributed by atoms with Crippen molar-refractivity contribution in [1.29, 1.82) is 0 Å². The van der Waals surface area contributed by atoms with Crippen molar-refractivity contribution in [3.63, 3.8) is 0 Å². The molecule has 1 aliphatic heterocycles. The SMILES string of the molecule is Cc1ccccc1CN1CCCC(N(C)CCO)C1. The van der Waals surface area contributed by atoms with Crippen molar-refractivity contribution < 1.29 is 5.11 Å². The van der Waals surface area contributed by atoms with E-state index < -0.39 is 0 Å². The average molecular weight is 262 g/mol. The fourth-order valence-corrected chi connectivity index (χ4v) is 2.90. The molecule has 1 saturated heterocycles. The monoisotopic (exact) mass is 262 g/mol. The van der Waals surface area contributed by atoms with Gasteiger partial charge in [0.15, 0.2) is 0 Å². The number of hydrogen-bond acceptors (Lipinski definition) is 3. The van der Waals surface area contributed by atoms with Crippen molar-refractivity contribution in [3.8, 4) is 0 Å². The van der Waals surface area contributed by atoms with Gasteiger partial charge in [0.1, 0.15) is 0 Å². The Balaban J connectivity index is 1.92. The van der Waals surface area contributed by atoms with Gasteiger partial charge < -0.3 is 5.11 Å². The molecule has 1 N–H and O–H groups in total. The van der Waals surface area contributed by atoms with Gasteiger partial charge in [0.05, 0.1) is 6.61 Å². The first-order valence-electron chi connectivity index (χ1n) is 7.28. The van der Waals surface area contributed by atoms with E-state index in [4.69, 9.17) is 5.11 Å². The predicted molar refractivity (Wildman–Crippen MR) is 79.2 cm³/mol. The molecule has 106 valence electrons. The molecule has 0 aliphatic carbocycles. The summed E-state index contributed by atoms with van der Waals surface area (Å²) in [6.45, 7) is 6.58. The maximum Gasteiger partial charge on any atom is 0.0558 e. The van der Waals surface area contributed by atoms with Crippen molar-refractivity contribution in [1.82, 2.24) is 9.80 Å². The van der Waals surface area contributed by atoms with Crippen molar-refractivity contribution in [3.05, 3.63) is 35.4 Å². The first kappa shape index (κ1) is 14.5. The molecule has 0 amide bonds. The molecule has 0 saturated carbocycles. The highest BCUT2D eigenvalue weighted by Crippen LogP contribution is 2.18. The summed E-state index contributed by atoms with van der Waals surface area (Å²) in [7, 11) is 2.12. The lowest BCUT2D eigenvalue weighted by molar-refractivity contribution is 0.0969. The summed E-state index contributed by atoms with van der Waals surface area (Å²) in [5.41, 5.74) is 2.82. The van der Waals surface area contributed by atoms with Crippen LogP contribution in [-0.4, -0.2) is 54.2 Å². The van der Waals surface area contributed by atoms with Crippen LogP contribution in [0.2, 0.25) is 0 Å². The average Bonchev–Trinajstić information content (AvgIpc) is 2.42. The van der Waals surface area contributed by atoms with Gasteiger partial charge in [0.2, 0.25) is 0 Å². The van der Waals surface area contributed by atoms with E-state index in [-0.39, 0.29) is 6.61 Å². The highest BCUT2D eigenvalue weighted by Gasteiger charge is 2.22. The van der Waals surface area contributed by atoms with Gasteiger partial charge in [-0.2, -0.15) is 0 Å². The highest BCUT2D eigenvalue weighted by atomic mass is 16.3. The zero-order valence-corrected chi connectivity index (χ0v) is 12.2. The summed E-state index contributed by atoms with van der Waals surface area (Å²) in [6.07, 6.45) is 2.51. The Kier molecular flexibility index (Phi) is 5.37. The molecule has 1 aliphatic rings. The third-order valence-corrected chi connectivity index (χ3v) is 4.21. The number of aliphatic hydroxyl groups excluding tert-OH is 1. The van der Waals surface area contributed by atoms with E-state index in [9.17, 15) is 0 Å². The summed E-state index contributed by atoms with van der Waals surface area (Å²) in [6, 6.07) is 9.24. The third-order valence-electron chi connectivity index (χ3n) is 4.21. The van der Waals surface area contributed by atoms with Gasteiger partial charge in [0.25, 0.3) is 0 Å². The summed E-state index contributed by atoms with van der Waals surface area (Å²) in [5, 5.41) is 9.05. The van der Waals surface area contributed by atoms with Crippen molar-refractivity contribution >= 4 is 0 Å². The molecular weight excluding hydrogens is 236 g/mol. The van der Waals surface area contributed by atoms with Crippen LogP contribution < -0.4 is 0 Å². The second kappa shape index (κ2) is 7.04. The second-order valence-corrected chi connectivity index (χ2v) is 5.66. The Hall–Kier alpha value is -0.900. The van der Waals surface area contributed by atoms with Crippen LogP contribution in [0.5, 0.6) is 0 Å². The minimum Gasteiger partial charge on any atom is -0.395 e. The molecule has 2 rings (SSSR count). The smallest absolute Gasteiger partial charge is 0.0558 e. The molecular formula is C16H26N2O. The van der Waals surface area contributed by atoms with E-state index >= 15 is 0 Å². The van der Waals surface area contributed by atoms with Gasteiger partial charge in [-0.1, -0.05) is 24.3 Å². The Morgan fingerprint density at radius 1 is 1.37 bits per heavy atom. The molecule has 1 atom stereocenters. The minimum absolute atomic E-state index is 0.255. The fraction of sp³-hybridized carbons (Fsp3) is 0.625. The van der Waals surface area contributed by atoms with Gasteiger partial charge in [-0.15, -0.1) is 0 Å². The standard InChI is InChI=1S/C16H26N2O/c1-14-6-3-4-7-15(14)12-18-9-5-8-16(13-18)17(2)10-11-19/h3-4,6-7,16,19H,5,8-13H2,1-2H3. The van der Waals surface area contributed by atoms with Crippen molar-refractivity contribution in [2.24, 2.45) is 0 Å². The molecule has 0 aromatic heterocycles. The number of likely N-dealkylation sites (N-methyl/N-ethyl adjacent to an activating group) is 1. The molecule has 1 unspecified atom stereocenters. The van der Waals surface area contributed by atoms with Crippen LogP contribution in [0.4, 0.5) is 0 Å². The molecule has 0 spiro atoms. The maximum atomic E-state index is 9.05. The predicted octanol–water partition coefficient (Wildman–Crippen LogP) is 1.88. The number of benzene rings is 1. The third kappa shape index (κ3) is 4.03. The maximum absolute atomic E-state index is 9.05. The Labute approximate surface area is 116 Å². The van der Waals surface area contributed by atoms with Gasteiger partial charge >= 0.3 is 0 Å². The van der Waals surface area contributed by atoms with Crippen LogP contribution in [0.25, 0.3) is 0 Å². The number of aliphatic hydroxyl groups is 1. The number of nitrogens with zero attached hydrogens (tertiary/aromatic N) is 2. The lowest BCUT2D eigenvalue weighted by Gasteiger charge is -2.37. The van der Waals surface area contributed by atoms with Crippen LogP contribution in [0, 0.1) is 6.92 Å². The number of likely N-dealkylation sites (tertiary alicyclic amines) is 1. The van der Waals surface area contributed by atoms with Crippen molar-refractivity contribution in [2.45, 2.75) is 32.4 Å². The molecule has 3 heteroatoms. The van der Waals surface area contributed by atoms with E-state index in [2.05, 4.69) is 48.0 Å². The largest absolute Gasteiger partial charge is 0.395 e.